The minimum absolute atomic E-state index is 0.180. The normalized spacial score (nSPS) is 14.2. The largest absolute Gasteiger partial charge is 0.456 e. The molecule has 2 amide bonds. The third-order valence-corrected chi connectivity index (χ3v) is 4.58. The van der Waals surface area contributed by atoms with Gasteiger partial charge in [-0.3, -0.25) is 14.4 Å². The van der Waals surface area contributed by atoms with Crippen LogP contribution in [0.25, 0.3) is 0 Å². The smallest absolute Gasteiger partial charge is 0.306 e. The topological polar surface area (TPSA) is 84.5 Å². The first-order valence-electron chi connectivity index (χ1n) is 8.01. The summed E-state index contributed by atoms with van der Waals surface area (Å²) in [6, 6.07) is 7.18. The molecule has 24 heavy (non-hydrogen) atoms. The van der Waals surface area contributed by atoms with Gasteiger partial charge in [0.15, 0.2) is 6.61 Å². The molecular weight excluding hydrogens is 376 g/mol. The van der Waals surface area contributed by atoms with Crippen LogP contribution in [0, 0.1) is 5.92 Å². The van der Waals surface area contributed by atoms with Crippen LogP contribution in [0.5, 0.6) is 0 Å². The molecule has 1 aliphatic carbocycles. The number of esters is 1. The van der Waals surface area contributed by atoms with Gasteiger partial charge in [-0.15, -0.1) is 0 Å². The number of amides is 2. The summed E-state index contributed by atoms with van der Waals surface area (Å²) < 4.78 is 5.70. The quantitative estimate of drug-likeness (QED) is 0.693. The average Bonchev–Trinajstić information content (AvgIpc) is 3.06. The molecular formula is C17H21BrN2O4. The van der Waals surface area contributed by atoms with Gasteiger partial charge in [-0.25, -0.2) is 0 Å². The molecule has 1 aliphatic rings. The molecule has 1 fully saturated rings. The number of rotatable bonds is 7. The van der Waals surface area contributed by atoms with Gasteiger partial charge in [0, 0.05) is 10.9 Å². The van der Waals surface area contributed by atoms with Crippen LogP contribution >= 0.6 is 15.9 Å². The van der Waals surface area contributed by atoms with Gasteiger partial charge in [-0.05, 0) is 46.8 Å². The highest BCUT2D eigenvalue weighted by molar-refractivity contribution is 9.10. The first-order valence-corrected chi connectivity index (χ1v) is 8.80. The molecule has 0 spiro atoms. The molecule has 0 bridgehead atoms. The number of nitrogens with one attached hydrogen (secondary N) is 2. The fourth-order valence-electron chi connectivity index (χ4n) is 2.64. The Bertz CT molecular complexity index is 600. The number of ether oxygens (including phenoxy) is 1. The Morgan fingerprint density at radius 1 is 1.12 bits per heavy atom. The minimum Gasteiger partial charge on any atom is -0.456 e. The number of carbonyl (C=O) groups is 3. The van der Waals surface area contributed by atoms with Crippen molar-refractivity contribution < 1.29 is 19.1 Å². The van der Waals surface area contributed by atoms with Crippen molar-refractivity contribution >= 4 is 39.4 Å². The lowest BCUT2D eigenvalue weighted by molar-refractivity contribution is -0.149. The Hall–Kier alpha value is -1.89. The van der Waals surface area contributed by atoms with Gasteiger partial charge in [0.2, 0.25) is 5.91 Å². The lowest BCUT2D eigenvalue weighted by Gasteiger charge is -2.10. The van der Waals surface area contributed by atoms with E-state index < -0.39 is 5.91 Å². The Balaban J connectivity index is 1.62. The Labute approximate surface area is 149 Å². The molecule has 0 saturated heterocycles. The first-order chi connectivity index (χ1) is 11.5. The van der Waals surface area contributed by atoms with Crippen molar-refractivity contribution in [1.29, 1.82) is 0 Å². The first kappa shape index (κ1) is 18.4. The minimum atomic E-state index is -0.489. The Kier molecular flexibility index (Phi) is 7.24. The van der Waals surface area contributed by atoms with Crippen LogP contribution in [-0.4, -0.2) is 30.9 Å². The zero-order valence-electron chi connectivity index (χ0n) is 13.3. The molecule has 6 nitrogen and oxygen atoms in total. The molecule has 1 aromatic carbocycles. The van der Waals surface area contributed by atoms with Crippen molar-refractivity contribution in [2.75, 3.05) is 18.5 Å². The molecule has 2 rings (SSSR count). The molecule has 7 heteroatoms. The van der Waals surface area contributed by atoms with E-state index in [9.17, 15) is 14.4 Å². The van der Waals surface area contributed by atoms with Crippen LogP contribution in [0.2, 0.25) is 0 Å². The molecule has 1 saturated carbocycles. The number of halogens is 1. The molecule has 2 N–H and O–H groups in total. The van der Waals surface area contributed by atoms with Crippen LogP contribution in [-0.2, 0) is 19.1 Å². The fraction of sp³-hybridized carbons (Fsp3) is 0.471. The van der Waals surface area contributed by atoms with Gasteiger partial charge in [0.25, 0.3) is 5.91 Å². The van der Waals surface area contributed by atoms with E-state index in [2.05, 4.69) is 26.6 Å². The van der Waals surface area contributed by atoms with Gasteiger partial charge in [-0.2, -0.15) is 0 Å². The van der Waals surface area contributed by atoms with E-state index in [4.69, 9.17) is 4.74 Å². The van der Waals surface area contributed by atoms with Crippen molar-refractivity contribution in [3.05, 3.63) is 28.7 Å². The standard InChI is InChI=1S/C17H21BrN2O4/c18-13-7-3-4-8-14(13)20-15(21)10-19-16(22)11-24-17(23)9-12-5-1-2-6-12/h3-4,7-8,12H,1-2,5-6,9-11H2,(H,19,22)(H,20,21). The summed E-state index contributed by atoms with van der Waals surface area (Å²) in [4.78, 5) is 35.0. The number of benzene rings is 1. The summed E-state index contributed by atoms with van der Waals surface area (Å²) in [7, 11) is 0. The van der Waals surface area contributed by atoms with E-state index in [0.717, 1.165) is 30.2 Å². The highest BCUT2D eigenvalue weighted by atomic mass is 79.9. The van der Waals surface area contributed by atoms with Gasteiger partial charge in [-0.1, -0.05) is 25.0 Å². The summed E-state index contributed by atoms with van der Waals surface area (Å²) in [6.07, 6.45) is 4.79. The van der Waals surface area contributed by atoms with Crippen LogP contribution < -0.4 is 10.6 Å². The van der Waals surface area contributed by atoms with Gasteiger partial charge >= 0.3 is 5.97 Å². The van der Waals surface area contributed by atoms with E-state index in [1.54, 1.807) is 18.2 Å². The van der Waals surface area contributed by atoms with Crippen LogP contribution in [0.4, 0.5) is 5.69 Å². The molecule has 0 aromatic heterocycles. The number of para-hydroxylation sites is 1. The van der Waals surface area contributed by atoms with Crippen molar-refractivity contribution in [3.8, 4) is 0 Å². The highest BCUT2D eigenvalue weighted by Crippen LogP contribution is 2.27. The van der Waals surface area contributed by atoms with Gasteiger partial charge in [0.1, 0.15) is 0 Å². The summed E-state index contributed by atoms with van der Waals surface area (Å²) in [5, 5.41) is 5.10. The van der Waals surface area contributed by atoms with E-state index in [1.807, 2.05) is 6.07 Å². The number of hydrogen-bond acceptors (Lipinski definition) is 4. The summed E-state index contributed by atoms with van der Waals surface area (Å²) in [5.74, 6) is -0.810. The lowest BCUT2D eigenvalue weighted by Crippen LogP contribution is -2.35. The lowest BCUT2D eigenvalue weighted by atomic mass is 10.1. The highest BCUT2D eigenvalue weighted by Gasteiger charge is 2.19. The predicted molar refractivity (Wildman–Crippen MR) is 93.3 cm³/mol. The number of carbonyl (C=O) groups excluding carboxylic acids is 3. The van der Waals surface area contributed by atoms with Crippen molar-refractivity contribution in [2.24, 2.45) is 5.92 Å². The molecule has 0 unspecified atom stereocenters. The average molecular weight is 397 g/mol. The van der Waals surface area contributed by atoms with Crippen LogP contribution in [0.15, 0.2) is 28.7 Å². The van der Waals surface area contributed by atoms with E-state index >= 15 is 0 Å². The summed E-state index contributed by atoms with van der Waals surface area (Å²) in [6.45, 7) is -0.534. The molecule has 0 radical (unpaired) electrons. The molecule has 1 aromatic rings. The molecule has 130 valence electrons. The Morgan fingerprint density at radius 3 is 2.54 bits per heavy atom. The zero-order chi connectivity index (χ0) is 17.4. The second-order valence-electron chi connectivity index (χ2n) is 5.82. The zero-order valence-corrected chi connectivity index (χ0v) is 14.9. The third-order valence-electron chi connectivity index (χ3n) is 3.89. The second kappa shape index (κ2) is 9.42. The number of hydrogen-bond donors (Lipinski definition) is 2. The maximum atomic E-state index is 11.8. The maximum absolute atomic E-state index is 11.8. The number of anilines is 1. The van der Waals surface area contributed by atoms with Crippen molar-refractivity contribution in [2.45, 2.75) is 32.1 Å². The SMILES string of the molecule is O=C(COC(=O)CC1CCCC1)NCC(=O)Nc1ccccc1Br. The summed E-state index contributed by atoms with van der Waals surface area (Å²) >= 11 is 3.32. The van der Waals surface area contributed by atoms with E-state index in [-0.39, 0.29) is 25.0 Å². The third kappa shape index (κ3) is 6.31. The van der Waals surface area contributed by atoms with E-state index in [0.29, 0.717) is 18.0 Å². The van der Waals surface area contributed by atoms with Crippen LogP contribution in [0.1, 0.15) is 32.1 Å². The summed E-state index contributed by atoms with van der Waals surface area (Å²) in [5.41, 5.74) is 0.625. The monoisotopic (exact) mass is 396 g/mol. The van der Waals surface area contributed by atoms with Crippen molar-refractivity contribution in [1.82, 2.24) is 5.32 Å². The van der Waals surface area contributed by atoms with Gasteiger partial charge < -0.3 is 15.4 Å². The maximum Gasteiger partial charge on any atom is 0.306 e. The van der Waals surface area contributed by atoms with E-state index in [1.165, 1.54) is 0 Å². The molecule has 0 aliphatic heterocycles. The van der Waals surface area contributed by atoms with Gasteiger partial charge in [0.05, 0.1) is 12.2 Å². The van der Waals surface area contributed by atoms with Crippen LogP contribution in [0.3, 0.4) is 0 Å². The van der Waals surface area contributed by atoms with Crippen molar-refractivity contribution in [3.63, 3.8) is 0 Å². The molecule has 0 atom stereocenters. The predicted octanol–water partition coefficient (Wildman–Crippen LogP) is 2.63. The molecule has 0 heterocycles. The Morgan fingerprint density at radius 2 is 1.83 bits per heavy atom. The fourth-order valence-corrected chi connectivity index (χ4v) is 3.03. The second-order valence-corrected chi connectivity index (χ2v) is 6.67.